The van der Waals surface area contributed by atoms with Crippen molar-refractivity contribution in [1.82, 2.24) is 9.80 Å². The minimum Gasteiger partial charge on any atom is -0.292 e. The van der Waals surface area contributed by atoms with Gasteiger partial charge in [0.25, 0.3) is 0 Å². The van der Waals surface area contributed by atoms with Crippen LogP contribution in [0.4, 0.5) is 0 Å². The van der Waals surface area contributed by atoms with E-state index in [0.717, 1.165) is 19.6 Å². The lowest BCUT2D eigenvalue weighted by Gasteiger charge is -2.18. The zero-order valence-corrected chi connectivity index (χ0v) is 11.7. The van der Waals surface area contributed by atoms with E-state index in [1.54, 1.807) is 0 Å². The molecular formula is C15H22N2O2. The van der Waals surface area contributed by atoms with Crippen molar-refractivity contribution in [2.45, 2.75) is 51.5 Å². The Labute approximate surface area is 115 Å². The van der Waals surface area contributed by atoms with Crippen LogP contribution in [-0.4, -0.2) is 47.3 Å². The van der Waals surface area contributed by atoms with E-state index >= 15 is 0 Å². The van der Waals surface area contributed by atoms with Gasteiger partial charge in [-0.05, 0) is 32.9 Å². The van der Waals surface area contributed by atoms with Crippen LogP contribution < -0.4 is 0 Å². The Hall–Kier alpha value is -1.34. The van der Waals surface area contributed by atoms with Gasteiger partial charge in [0, 0.05) is 12.8 Å². The molecule has 2 aliphatic heterocycles. The van der Waals surface area contributed by atoms with E-state index in [2.05, 4.69) is 16.7 Å². The molecule has 0 aromatic rings. The Balaban J connectivity index is 1.85. The number of likely N-dealkylation sites (tertiary alicyclic amines) is 2. The van der Waals surface area contributed by atoms with Crippen molar-refractivity contribution < 1.29 is 9.59 Å². The van der Waals surface area contributed by atoms with Crippen molar-refractivity contribution >= 4 is 11.8 Å². The second kappa shape index (κ2) is 6.72. The first kappa shape index (κ1) is 14.1. The van der Waals surface area contributed by atoms with Crippen molar-refractivity contribution in [2.75, 3.05) is 19.6 Å². The topological polar surface area (TPSA) is 40.6 Å². The highest BCUT2D eigenvalue weighted by atomic mass is 16.2. The highest BCUT2D eigenvalue weighted by Gasteiger charge is 2.31. The maximum atomic E-state index is 11.6. The third-order valence-corrected chi connectivity index (χ3v) is 3.79. The minimum absolute atomic E-state index is 0.0819. The SMILES string of the molecule is C[C@H](C#CCN1CCCCCC1)N1C(=O)CCC1=O. The van der Waals surface area contributed by atoms with Gasteiger partial charge < -0.3 is 0 Å². The summed E-state index contributed by atoms with van der Waals surface area (Å²) in [7, 11) is 0. The molecule has 0 aliphatic carbocycles. The van der Waals surface area contributed by atoms with E-state index in [-0.39, 0.29) is 17.9 Å². The van der Waals surface area contributed by atoms with Crippen LogP contribution in [0.3, 0.4) is 0 Å². The molecule has 2 saturated heterocycles. The Morgan fingerprint density at radius 1 is 1.05 bits per heavy atom. The number of rotatable bonds is 2. The molecule has 0 N–H and O–H groups in total. The van der Waals surface area contributed by atoms with Crippen LogP contribution in [0.2, 0.25) is 0 Å². The summed E-state index contributed by atoms with van der Waals surface area (Å²) in [5, 5.41) is 0. The molecule has 2 rings (SSSR count). The van der Waals surface area contributed by atoms with E-state index in [0.29, 0.717) is 12.8 Å². The summed E-state index contributed by atoms with van der Waals surface area (Å²) in [5.74, 6) is 6.01. The van der Waals surface area contributed by atoms with E-state index in [9.17, 15) is 9.59 Å². The number of hydrogen-bond acceptors (Lipinski definition) is 3. The lowest BCUT2D eigenvalue weighted by atomic mass is 10.2. The summed E-state index contributed by atoms with van der Waals surface area (Å²) >= 11 is 0. The number of nitrogens with zero attached hydrogens (tertiary/aromatic N) is 2. The Kier molecular flexibility index (Phi) is 4.98. The average molecular weight is 262 g/mol. The number of carbonyl (C=O) groups excluding carboxylic acids is 2. The number of carbonyl (C=O) groups is 2. The molecule has 0 spiro atoms. The molecule has 0 saturated carbocycles. The normalized spacial score (nSPS) is 22.9. The summed E-state index contributed by atoms with van der Waals surface area (Å²) in [4.78, 5) is 26.8. The number of amides is 2. The lowest BCUT2D eigenvalue weighted by molar-refractivity contribution is -0.139. The number of hydrogen-bond donors (Lipinski definition) is 0. The first-order chi connectivity index (χ1) is 9.18. The summed E-state index contributed by atoms with van der Waals surface area (Å²) in [6.07, 6.45) is 5.82. The standard InChI is InChI=1S/C15H22N2O2/c1-13(17-14(18)8-9-15(17)19)7-6-12-16-10-4-2-3-5-11-16/h13H,2-5,8-12H2,1H3/t13-/m1/s1. The minimum atomic E-state index is -0.283. The number of imide groups is 1. The van der Waals surface area contributed by atoms with Crippen LogP contribution in [-0.2, 0) is 9.59 Å². The zero-order chi connectivity index (χ0) is 13.7. The van der Waals surface area contributed by atoms with Gasteiger partial charge in [-0.15, -0.1) is 0 Å². The molecule has 2 aliphatic rings. The second-order valence-corrected chi connectivity index (χ2v) is 5.34. The van der Waals surface area contributed by atoms with E-state index in [1.807, 2.05) is 6.92 Å². The molecule has 2 fully saturated rings. The van der Waals surface area contributed by atoms with E-state index in [4.69, 9.17) is 0 Å². The van der Waals surface area contributed by atoms with Gasteiger partial charge in [0.15, 0.2) is 0 Å². The summed E-state index contributed by atoms with van der Waals surface area (Å²) in [5.41, 5.74) is 0. The van der Waals surface area contributed by atoms with Gasteiger partial charge >= 0.3 is 0 Å². The highest BCUT2D eigenvalue weighted by Crippen LogP contribution is 2.14. The molecule has 1 atom stereocenters. The Morgan fingerprint density at radius 3 is 2.21 bits per heavy atom. The van der Waals surface area contributed by atoms with Crippen LogP contribution >= 0.6 is 0 Å². The van der Waals surface area contributed by atoms with Crippen LogP contribution in [0, 0.1) is 11.8 Å². The van der Waals surface area contributed by atoms with Gasteiger partial charge in [-0.2, -0.15) is 0 Å². The van der Waals surface area contributed by atoms with Crippen LogP contribution in [0.15, 0.2) is 0 Å². The van der Waals surface area contributed by atoms with Gasteiger partial charge in [0.2, 0.25) is 11.8 Å². The zero-order valence-electron chi connectivity index (χ0n) is 11.7. The molecule has 0 bridgehead atoms. The third kappa shape index (κ3) is 3.81. The van der Waals surface area contributed by atoms with Crippen molar-refractivity contribution in [3.63, 3.8) is 0 Å². The van der Waals surface area contributed by atoms with Crippen LogP contribution in [0.25, 0.3) is 0 Å². The van der Waals surface area contributed by atoms with Crippen LogP contribution in [0.5, 0.6) is 0 Å². The fourth-order valence-corrected chi connectivity index (χ4v) is 2.69. The molecule has 2 heterocycles. The monoisotopic (exact) mass is 262 g/mol. The highest BCUT2D eigenvalue weighted by molar-refractivity contribution is 6.02. The van der Waals surface area contributed by atoms with Crippen LogP contribution in [0.1, 0.15) is 45.4 Å². The van der Waals surface area contributed by atoms with E-state index in [1.165, 1.54) is 30.6 Å². The Morgan fingerprint density at radius 2 is 1.63 bits per heavy atom. The molecule has 104 valence electrons. The predicted octanol–water partition coefficient (Wildman–Crippen LogP) is 1.40. The molecule has 0 aromatic carbocycles. The van der Waals surface area contributed by atoms with E-state index < -0.39 is 0 Å². The van der Waals surface area contributed by atoms with Crippen molar-refractivity contribution in [2.24, 2.45) is 0 Å². The molecule has 4 heteroatoms. The van der Waals surface area contributed by atoms with Crippen molar-refractivity contribution in [3.8, 4) is 11.8 Å². The van der Waals surface area contributed by atoms with Crippen molar-refractivity contribution in [3.05, 3.63) is 0 Å². The summed E-state index contributed by atoms with van der Waals surface area (Å²) < 4.78 is 0. The second-order valence-electron chi connectivity index (χ2n) is 5.34. The van der Waals surface area contributed by atoms with Gasteiger partial charge in [-0.3, -0.25) is 19.4 Å². The smallest absolute Gasteiger partial charge is 0.230 e. The van der Waals surface area contributed by atoms with Gasteiger partial charge in [0.05, 0.1) is 12.6 Å². The van der Waals surface area contributed by atoms with Gasteiger partial charge in [0.1, 0.15) is 0 Å². The van der Waals surface area contributed by atoms with Crippen molar-refractivity contribution in [1.29, 1.82) is 0 Å². The molecule has 2 amide bonds. The van der Waals surface area contributed by atoms with Gasteiger partial charge in [-0.1, -0.05) is 24.7 Å². The summed E-state index contributed by atoms with van der Waals surface area (Å²) in [6.45, 7) is 4.81. The third-order valence-electron chi connectivity index (χ3n) is 3.79. The molecule has 0 aromatic heterocycles. The first-order valence-corrected chi connectivity index (χ1v) is 7.24. The first-order valence-electron chi connectivity index (χ1n) is 7.24. The average Bonchev–Trinajstić information content (AvgIpc) is 2.60. The predicted molar refractivity (Wildman–Crippen MR) is 73.2 cm³/mol. The fourth-order valence-electron chi connectivity index (χ4n) is 2.69. The molecular weight excluding hydrogens is 240 g/mol. The fraction of sp³-hybridized carbons (Fsp3) is 0.733. The molecule has 19 heavy (non-hydrogen) atoms. The largest absolute Gasteiger partial charge is 0.292 e. The Bertz CT molecular complexity index is 384. The van der Waals surface area contributed by atoms with Gasteiger partial charge in [-0.25, -0.2) is 0 Å². The lowest BCUT2D eigenvalue weighted by Crippen LogP contribution is -2.36. The maximum absolute atomic E-state index is 11.6. The molecule has 0 radical (unpaired) electrons. The maximum Gasteiger partial charge on any atom is 0.230 e. The summed E-state index contributed by atoms with van der Waals surface area (Å²) in [6, 6.07) is -0.283. The quantitative estimate of drug-likeness (QED) is 0.558. The molecule has 4 nitrogen and oxygen atoms in total. The molecule has 0 unspecified atom stereocenters.